The third kappa shape index (κ3) is 8.50. The average Bonchev–Trinajstić information content (AvgIpc) is 2.94. The SMILES string of the molecule is CCCCCCC1(C#N)CCC(c2ccc(-c3ccc(OCC(C)OC(=O)C(Cl)C(C)C)cc3)cc2)CC1. The summed E-state index contributed by atoms with van der Waals surface area (Å²) < 4.78 is 11.2. The fourth-order valence-electron chi connectivity index (χ4n) is 5.29. The molecular formula is C33H44ClNO3. The third-order valence-corrected chi connectivity index (χ3v) is 8.55. The molecule has 4 nitrogen and oxygen atoms in total. The zero-order valence-corrected chi connectivity index (χ0v) is 24.3. The van der Waals surface area contributed by atoms with E-state index in [0.29, 0.717) is 5.92 Å². The Morgan fingerprint density at radius 3 is 2.16 bits per heavy atom. The number of hydrogen-bond acceptors (Lipinski definition) is 4. The van der Waals surface area contributed by atoms with E-state index in [1.165, 1.54) is 36.8 Å². The number of nitrogens with zero attached hydrogens (tertiary/aromatic N) is 1. The molecule has 206 valence electrons. The van der Waals surface area contributed by atoms with Gasteiger partial charge in [0.25, 0.3) is 0 Å². The normalized spacial score (nSPS) is 20.9. The van der Waals surface area contributed by atoms with Gasteiger partial charge in [0.15, 0.2) is 0 Å². The molecule has 0 saturated heterocycles. The lowest BCUT2D eigenvalue weighted by Crippen LogP contribution is -2.29. The van der Waals surface area contributed by atoms with Crippen LogP contribution < -0.4 is 4.74 Å². The van der Waals surface area contributed by atoms with Crippen LogP contribution in [0.25, 0.3) is 11.1 Å². The zero-order chi connectivity index (χ0) is 27.5. The molecule has 38 heavy (non-hydrogen) atoms. The van der Waals surface area contributed by atoms with E-state index in [1.54, 1.807) is 6.92 Å². The molecule has 0 bridgehead atoms. The number of alkyl halides is 1. The minimum Gasteiger partial charge on any atom is -0.490 e. The lowest BCUT2D eigenvalue weighted by molar-refractivity contribution is -0.149. The van der Waals surface area contributed by atoms with Crippen LogP contribution in [0.15, 0.2) is 48.5 Å². The zero-order valence-electron chi connectivity index (χ0n) is 23.5. The number of hydrogen-bond donors (Lipinski definition) is 0. The van der Waals surface area contributed by atoms with Crippen molar-refractivity contribution in [3.8, 4) is 22.9 Å². The number of benzene rings is 2. The summed E-state index contributed by atoms with van der Waals surface area (Å²) in [5, 5.41) is 9.24. The molecule has 0 amide bonds. The molecule has 0 heterocycles. The first-order chi connectivity index (χ1) is 18.3. The monoisotopic (exact) mass is 537 g/mol. The van der Waals surface area contributed by atoms with Crippen LogP contribution in [-0.2, 0) is 9.53 Å². The molecule has 2 aromatic carbocycles. The Hall–Kier alpha value is -2.51. The Morgan fingerprint density at radius 2 is 1.61 bits per heavy atom. The molecular weight excluding hydrogens is 494 g/mol. The fourth-order valence-corrected chi connectivity index (χ4v) is 5.34. The van der Waals surface area contributed by atoms with Gasteiger partial charge in [0.1, 0.15) is 23.8 Å². The molecule has 2 atom stereocenters. The molecule has 1 fully saturated rings. The molecule has 0 radical (unpaired) electrons. The first-order valence-electron chi connectivity index (χ1n) is 14.4. The molecule has 2 unspecified atom stereocenters. The van der Waals surface area contributed by atoms with Crippen LogP contribution in [0.4, 0.5) is 0 Å². The topological polar surface area (TPSA) is 59.3 Å². The summed E-state index contributed by atoms with van der Waals surface area (Å²) in [7, 11) is 0. The molecule has 1 aliphatic rings. The van der Waals surface area contributed by atoms with E-state index in [0.717, 1.165) is 43.4 Å². The van der Waals surface area contributed by atoms with Crippen LogP contribution in [0.3, 0.4) is 0 Å². The highest BCUT2D eigenvalue weighted by Gasteiger charge is 2.35. The van der Waals surface area contributed by atoms with Crippen molar-refractivity contribution >= 4 is 17.6 Å². The van der Waals surface area contributed by atoms with Gasteiger partial charge in [-0.25, -0.2) is 0 Å². The van der Waals surface area contributed by atoms with Gasteiger partial charge in [-0.2, -0.15) is 5.26 Å². The minimum absolute atomic E-state index is 0.0229. The van der Waals surface area contributed by atoms with Gasteiger partial charge in [-0.1, -0.05) is 82.9 Å². The largest absolute Gasteiger partial charge is 0.490 e. The van der Waals surface area contributed by atoms with Crippen molar-refractivity contribution < 1.29 is 14.3 Å². The highest BCUT2D eigenvalue weighted by Crippen LogP contribution is 2.46. The highest BCUT2D eigenvalue weighted by atomic mass is 35.5. The molecule has 1 saturated carbocycles. The summed E-state index contributed by atoms with van der Waals surface area (Å²) in [6, 6.07) is 19.6. The van der Waals surface area contributed by atoms with Gasteiger partial charge in [0.2, 0.25) is 0 Å². The van der Waals surface area contributed by atoms with E-state index in [4.69, 9.17) is 21.1 Å². The Morgan fingerprint density at radius 1 is 1.00 bits per heavy atom. The Bertz CT molecular complexity index is 1030. The van der Waals surface area contributed by atoms with E-state index in [1.807, 2.05) is 26.0 Å². The molecule has 0 aromatic heterocycles. The standard InChI is InChI=1S/C33H44ClNO3/c1-5-6-7-8-19-33(23-35)20-17-29(18-21-33)27-11-9-26(10-12-27)28-13-15-30(16-14-28)37-22-25(4)38-32(36)31(34)24(2)3/h9-16,24-25,29,31H,5-8,17-22H2,1-4H3. The molecule has 0 spiro atoms. The van der Waals surface area contributed by atoms with Crippen LogP contribution in [-0.4, -0.2) is 24.1 Å². The Labute approximate surface area is 234 Å². The maximum absolute atomic E-state index is 12.0. The number of carbonyl (C=O) groups excluding carboxylic acids is 1. The van der Waals surface area contributed by atoms with E-state index in [9.17, 15) is 10.1 Å². The number of esters is 1. The van der Waals surface area contributed by atoms with Crippen molar-refractivity contribution in [2.75, 3.05) is 6.61 Å². The number of ether oxygens (including phenoxy) is 2. The van der Waals surface area contributed by atoms with Crippen molar-refractivity contribution in [3.63, 3.8) is 0 Å². The second kappa shape index (κ2) is 14.6. The Balaban J connectivity index is 1.49. The van der Waals surface area contributed by atoms with Crippen molar-refractivity contribution in [1.29, 1.82) is 5.26 Å². The number of nitriles is 1. The van der Waals surface area contributed by atoms with E-state index in [2.05, 4.69) is 49.4 Å². The predicted molar refractivity (Wildman–Crippen MR) is 155 cm³/mol. The molecule has 2 aromatic rings. The summed E-state index contributed by atoms with van der Waals surface area (Å²) in [4.78, 5) is 12.0. The van der Waals surface area contributed by atoms with Crippen molar-refractivity contribution in [2.45, 2.75) is 103 Å². The first-order valence-corrected chi connectivity index (χ1v) is 14.8. The summed E-state index contributed by atoms with van der Waals surface area (Å²) in [5.74, 6) is 0.895. The molecule has 5 heteroatoms. The van der Waals surface area contributed by atoms with Crippen molar-refractivity contribution in [2.24, 2.45) is 11.3 Å². The second-order valence-corrected chi connectivity index (χ2v) is 11.8. The second-order valence-electron chi connectivity index (χ2n) is 11.3. The van der Waals surface area contributed by atoms with Gasteiger partial charge in [0, 0.05) is 0 Å². The summed E-state index contributed by atoms with van der Waals surface area (Å²) >= 11 is 6.07. The first kappa shape index (κ1) is 30.0. The summed E-state index contributed by atoms with van der Waals surface area (Å²) in [5.41, 5.74) is 3.58. The number of rotatable bonds is 13. The van der Waals surface area contributed by atoms with E-state index in [-0.39, 0.29) is 24.0 Å². The van der Waals surface area contributed by atoms with Crippen molar-refractivity contribution in [3.05, 3.63) is 54.1 Å². The lowest BCUT2D eigenvalue weighted by Gasteiger charge is -2.35. The van der Waals surface area contributed by atoms with Gasteiger partial charge in [-0.3, -0.25) is 4.79 Å². The van der Waals surface area contributed by atoms with Gasteiger partial charge in [-0.15, -0.1) is 11.6 Å². The van der Waals surface area contributed by atoms with Crippen LogP contribution in [0.2, 0.25) is 0 Å². The smallest absolute Gasteiger partial charge is 0.324 e. The quantitative estimate of drug-likeness (QED) is 0.145. The number of unbranched alkanes of at least 4 members (excludes halogenated alkanes) is 3. The Kier molecular flexibility index (Phi) is 11.5. The van der Waals surface area contributed by atoms with Gasteiger partial charge >= 0.3 is 5.97 Å². The maximum Gasteiger partial charge on any atom is 0.324 e. The molecule has 0 aliphatic heterocycles. The highest BCUT2D eigenvalue weighted by molar-refractivity contribution is 6.30. The van der Waals surface area contributed by atoms with Gasteiger partial charge in [0.05, 0.1) is 11.5 Å². The van der Waals surface area contributed by atoms with Crippen LogP contribution in [0.1, 0.15) is 97.0 Å². The van der Waals surface area contributed by atoms with Crippen LogP contribution in [0.5, 0.6) is 5.75 Å². The van der Waals surface area contributed by atoms with Crippen LogP contribution in [0, 0.1) is 22.7 Å². The molecule has 3 rings (SSSR count). The maximum atomic E-state index is 12.0. The van der Waals surface area contributed by atoms with Crippen molar-refractivity contribution in [1.82, 2.24) is 0 Å². The van der Waals surface area contributed by atoms with E-state index < -0.39 is 11.3 Å². The van der Waals surface area contributed by atoms with Gasteiger partial charge in [-0.05, 0) is 79.7 Å². The van der Waals surface area contributed by atoms with E-state index >= 15 is 0 Å². The average molecular weight is 538 g/mol. The van der Waals surface area contributed by atoms with Crippen LogP contribution >= 0.6 is 11.6 Å². The minimum atomic E-state index is -0.646. The lowest BCUT2D eigenvalue weighted by atomic mass is 9.67. The fraction of sp³-hybridized carbons (Fsp3) is 0.576. The summed E-state index contributed by atoms with van der Waals surface area (Å²) in [6.45, 7) is 8.09. The number of halogens is 1. The summed E-state index contributed by atoms with van der Waals surface area (Å²) in [6.07, 6.45) is 9.87. The predicted octanol–water partition coefficient (Wildman–Crippen LogP) is 9.07. The molecule has 0 N–H and O–H groups in total. The van der Waals surface area contributed by atoms with Gasteiger partial charge < -0.3 is 9.47 Å². The number of carbonyl (C=O) groups is 1. The molecule has 1 aliphatic carbocycles. The third-order valence-electron chi connectivity index (χ3n) is 7.87.